The third kappa shape index (κ3) is 2.41. The Hall–Kier alpha value is -0.790. The molecule has 17 heavy (non-hydrogen) atoms. The molecule has 2 aromatic rings. The van der Waals surface area contributed by atoms with Gasteiger partial charge in [0.25, 0.3) is 0 Å². The molecule has 0 saturated carbocycles. The van der Waals surface area contributed by atoms with Crippen molar-refractivity contribution in [3.63, 3.8) is 0 Å². The van der Waals surface area contributed by atoms with Crippen molar-refractivity contribution >= 4 is 34.1 Å². The zero-order chi connectivity index (χ0) is 12.6. The Bertz CT molecular complexity index is 547. The van der Waals surface area contributed by atoms with Crippen LogP contribution in [0.5, 0.6) is 0 Å². The van der Waals surface area contributed by atoms with Gasteiger partial charge in [-0.05, 0) is 42.2 Å². The Morgan fingerprint density at radius 2 is 1.88 bits per heavy atom. The first kappa shape index (κ1) is 12.7. The summed E-state index contributed by atoms with van der Waals surface area (Å²) in [6.45, 7) is 6.30. The highest BCUT2D eigenvalue weighted by atomic mass is 35.5. The van der Waals surface area contributed by atoms with Crippen LogP contribution in [0.15, 0.2) is 24.4 Å². The lowest BCUT2D eigenvalue weighted by atomic mass is 9.93. The van der Waals surface area contributed by atoms with Crippen molar-refractivity contribution in [2.45, 2.75) is 32.1 Å². The summed E-state index contributed by atoms with van der Waals surface area (Å²) in [6, 6.07) is 5.79. The van der Waals surface area contributed by atoms with Crippen molar-refractivity contribution in [2.24, 2.45) is 0 Å². The van der Waals surface area contributed by atoms with E-state index in [-0.39, 0.29) is 5.38 Å². The van der Waals surface area contributed by atoms with Crippen molar-refractivity contribution in [2.75, 3.05) is 0 Å². The Morgan fingerprint density at radius 1 is 1.18 bits per heavy atom. The number of pyridine rings is 1. The fourth-order valence-corrected chi connectivity index (χ4v) is 2.51. The monoisotopic (exact) mass is 267 g/mol. The minimum atomic E-state index is -0.0386. The summed E-state index contributed by atoms with van der Waals surface area (Å²) in [5, 5.41) is 1.81. The van der Waals surface area contributed by atoms with Gasteiger partial charge in [-0.3, -0.25) is 4.98 Å². The third-order valence-electron chi connectivity index (χ3n) is 2.91. The largest absolute Gasteiger partial charge is 0.256 e. The average molecular weight is 268 g/mol. The molecule has 1 aromatic carbocycles. The predicted molar refractivity (Wildman–Crippen MR) is 75.1 cm³/mol. The molecule has 0 saturated heterocycles. The van der Waals surface area contributed by atoms with Gasteiger partial charge >= 0.3 is 0 Å². The van der Waals surface area contributed by atoms with Crippen LogP contribution >= 0.6 is 23.2 Å². The maximum atomic E-state index is 6.22. The number of benzene rings is 1. The van der Waals surface area contributed by atoms with E-state index in [4.69, 9.17) is 23.2 Å². The molecule has 0 fully saturated rings. The second-order valence-corrected chi connectivity index (χ2v) is 5.65. The Labute approximate surface area is 112 Å². The predicted octanol–water partition coefficient (Wildman–Crippen LogP) is 5.31. The first-order valence-electron chi connectivity index (χ1n) is 5.73. The minimum absolute atomic E-state index is 0.0386. The Morgan fingerprint density at radius 3 is 2.47 bits per heavy atom. The van der Waals surface area contributed by atoms with Gasteiger partial charge in [0.2, 0.25) is 0 Å². The van der Waals surface area contributed by atoms with Crippen LogP contribution in [0.2, 0.25) is 5.02 Å². The van der Waals surface area contributed by atoms with Gasteiger partial charge in [-0.25, -0.2) is 0 Å². The Kier molecular flexibility index (Phi) is 3.60. The normalized spacial score (nSPS) is 13.3. The van der Waals surface area contributed by atoms with Crippen LogP contribution in [0.3, 0.4) is 0 Å². The van der Waals surface area contributed by atoms with Crippen LogP contribution in [0.1, 0.15) is 43.2 Å². The molecule has 0 amide bonds. The maximum Gasteiger partial charge on any atom is 0.0706 e. The van der Waals surface area contributed by atoms with E-state index in [1.54, 1.807) is 0 Å². The van der Waals surface area contributed by atoms with E-state index >= 15 is 0 Å². The number of hydrogen-bond acceptors (Lipinski definition) is 1. The number of nitrogens with zero attached hydrogens (tertiary/aromatic N) is 1. The van der Waals surface area contributed by atoms with Crippen molar-refractivity contribution in [1.82, 2.24) is 4.98 Å². The standard InChI is InChI=1S/C14H15Cl2N/c1-8(2)14-11-6-10(16)4-5-13(11)17-7-12(14)9(3)15/h4-9H,1-3H3. The summed E-state index contributed by atoms with van der Waals surface area (Å²) in [7, 11) is 0. The van der Waals surface area contributed by atoms with Crippen LogP contribution in [-0.4, -0.2) is 4.98 Å². The van der Waals surface area contributed by atoms with Gasteiger partial charge in [0, 0.05) is 16.6 Å². The van der Waals surface area contributed by atoms with Crippen molar-refractivity contribution in [3.05, 3.63) is 40.5 Å². The first-order chi connectivity index (χ1) is 8.00. The smallest absolute Gasteiger partial charge is 0.0706 e. The summed E-state index contributed by atoms with van der Waals surface area (Å²) in [4.78, 5) is 4.44. The third-order valence-corrected chi connectivity index (χ3v) is 3.38. The zero-order valence-corrected chi connectivity index (χ0v) is 11.7. The molecule has 1 aromatic heterocycles. The van der Waals surface area contributed by atoms with Crippen LogP contribution in [0, 0.1) is 0 Å². The Balaban J connectivity index is 2.82. The lowest BCUT2D eigenvalue weighted by Crippen LogP contribution is -2.00. The van der Waals surface area contributed by atoms with E-state index in [2.05, 4.69) is 18.8 Å². The topological polar surface area (TPSA) is 12.9 Å². The number of aromatic nitrogens is 1. The number of hydrogen-bond donors (Lipinski definition) is 0. The first-order valence-corrected chi connectivity index (χ1v) is 6.54. The van der Waals surface area contributed by atoms with E-state index < -0.39 is 0 Å². The molecule has 1 heterocycles. The van der Waals surface area contributed by atoms with E-state index in [1.165, 1.54) is 5.56 Å². The summed E-state index contributed by atoms with van der Waals surface area (Å²) in [5.41, 5.74) is 3.32. The fourth-order valence-electron chi connectivity index (χ4n) is 2.16. The van der Waals surface area contributed by atoms with Crippen molar-refractivity contribution < 1.29 is 0 Å². The number of halogens is 2. The van der Waals surface area contributed by atoms with E-state index in [9.17, 15) is 0 Å². The van der Waals surface area contributed by atoms with E-state index in [0.717, 1.165) is 21.5 Å². The maximum absolute atomic E-state index is 6.22. The van der Waals surface area contributed by atoms with Gasteiger partial charge in [0.15, 0.2) is 0 Å². The summed E-state index contributed by atoms with van der Waals surface area (Å²) >= 11 is 12.3. The summed E-state index contributed by atoms with van der Waals surface area (Å²) in [5.74, 6) is 0.398. The SMILES string of the molecule is CC(C)c1c(C(C)Cl)cnc2ccc(Cl)cc12. The molecule has 90 valence electrons. The molecule has 0 N–H and O–H groups in total. The van der Waals surface area contributed by atoms with Gasteiger partial charge in [-0.2, -0.15) is 0 Å². The molecule has 0 bridgehead atoms. The van der Waals surface area contributed by atoms with Gasteiger partial charge in [0.05, 0.1) is 10.9 Å². The molecule has 2 rings (SSSR count). The molecule has 1 nitrogen and oxygen atoms in total. The molecule has 1 unspecified atom stereocenters. The fraction of sp³-hybridized carbons (Fsp3) is 0.357. The molecular formula is C14H15Cl2N. The van der Waals surface area contributed by atoms with Crippen LogP contribution < -0.4 is 0 Å². The van der Waals surface area contributed by atoms with Crippen LogP contribution in [0.4, 0.5) is 0 Å². The van der Waals surface area contributed by atoms with Crippen molar-refractivity contribution in [1.29, 1.82) is 0 Å². The lowest BCUT2D eigenvalue weighted by Gasteiger charge is -2.17. The summed E-state index contributed by atoms with van der Waals surface area (Å²) in [6.07, 6.45) is 1.88. The molecule has 0 radical (unpaired) electrons. The molecule has 0 aliphatic rings. The zero-order valence-electron chi connectivity index (χ0n) is 10.2. The van der Waals surface area contributed by atoms with Gasteiger partial charge in [0.1, 0.15) is 0 Å². The second-order valence-electron chi connectivity index (χ2n) is 4.56. The molecule has 0 aliphatic heterocycles. The van der Waals surface area contributed by atoms with E-state index in [0.29, 0.717) is 5.92 Å². The molecule has 1 atom stereocenters. The number of fused-ring (bicyclic) bond motifs is 1. The molecular weight excluding hydrogens is 253 g/mol. The quantitative estimate of drug-likeness (QED) is 0.672. The minimum Gasteiger partial charge on any atom is -0.256 e. The van der Waals surface area contributed by atoms with E-state index in [1.807, 2.05) is 31.3 Å². The highest BCUT2D eigenvalue weighted by Gasteiger charge is 2.15. The lowest BCUT2D eigenvalue weighted by molar-refractivity contribution is 0.845. The van der Waals surface area contributed by atoms with Crippen LogP contribution in [-0.2, 0) is 0 Å². The second kappa shape index (κ2) is 4.83. The van der Waals surface area contributed by atoms with Crippen LogP contribution in [0.25, 0.3) is 10.9 Å². The van der Waals surface area contributed by atoms with Gasteiger partial charge in [-0.1, -0.05) is 25.4 Å². The number of rotatable bonds is 2. The average Bonchev–Trinajstić information content (AvgIpc) is 2.26. The molecule has 0 spiro atoms. The van der Waals surface area contributed by atoms with Gasteiger partial charge in [-0.15, -0.1) is 11.6 Å². The highest BCUT2D eigenvalue weighted by molar-refractivity contribution is 6.31. The molecule has 0 aliphatic carbocycles. The number of alkyl halides is 1. The highest BCUT2D eigenvalue weighted by Crippen LogP contribution is 2.34. The summed E-state index contributed by atoms with van der Waals surface area (Å²) < 4.78 is 0. The van der Waals surface area contributed by atoms with Gasteiger partial charge < -0.3 is 0 Å². The molecule has 3 heteroatoms. The van der Waals surface area contributed by atoms with Crippen molar-refractivity contribution in [3.8, 4) is 0 Å².